The second-order valence-corrected chi connectivity index (χ2v) is 7.67. The number of aryl methyl sites for hydroxylation is 2. The molecule has 0 aliphatic heterocycles. The molecule has 0 unspecified atom stereocenters. The number of fused-ring (bicyclic) bond motifs is 1. The summed E-state index contributed by atoms with van der Waals surface area (Å²) in [5, 5.41) is 15.6. The predicted octanol–water partition coefficient (Wildman–Crippen LogP) is 4.82. The molecule has 0 saturated heterocycles. The number of benzene rings is 3. The van der Waals surface area contributed by atoms with Gasteiger partial charge in [0.25, 0.3) is 5.91 Å². The highest BCUT2D eigenvalue weighted by Gasteiger charge is 2.11. The highest BCUT2D eigenvalue weighted by molar-refractivity contribution is 7.80. The maximum absolute atomic E-state index is 12.4. The Hall–Kier alpha value is -3.29. The van der Waals surface area contributed by atoms with Gasteiger partial charge >= 0.3 is 0 Å². The number of nitrogens with one attached hydrogen (secondary N) is 2. The standard InChI is InChI=1S/C22H18ClN5OS/c1-13-5-3-4-6-17(13)21(29)25-22(30)24-15-8-10-19-20(11-15)27-28(26-19)16-9-7-14(2)18(23)12-16/h3-12H,1-2H3,(H2,24,25,29,30). The third-order valence-corrected chi connectivity index (χ3v) is 5.25. The Morgan fingerprint density at radius 1 is 0.967 bits per heavy atom. The fourth-order valence-corrected chi connectivity index (χ4v) is 3.36. The van der Waals surface area contributed by atoms with Crippen molar-refractivity contribution in [3.05, 3.63) is 82.4 Å². The third kappa shape index (κ3) is 4.17. The van der Waals surface area contributed by atoms with E-state index in [-0.39, 0.29) is 11.0 Å². The van der Waals surface area contributed by atoms with E-state index in [1.165, 1.54) is 4.80 Å². The molecular weight excluding hydrogens is 418 g/mol. The van der Waals surface area contributed by atoms with Crippen molar-refractivity contribution in [3.8, 4) is 5.69 Å². The number of aromatic nitrogens is 3. The van der Waals surface area contributed by atoms with Gasteiger partial charge < -0.3 is 5.32 Å². The molecule has 0 spiro atoms. The zero-order chi connectivity index (χ0) is 21.3. The summed E-state index contributed by atoms with van der Waals surface area (Å²) in [6.45, 7) is 3.82. The van der Waals surface area contributed by atoms with Crippen molar-refractivity contribution in [2.75, 3.05) is 5.32 Å². The molecule has 1 heterocycles. The van der Waals surface area contributed by atoms with Crippen LogP contribution in [0.15, 0.2) is 60.7 Å². The van der Waals surface area contributed by atoms with Gasteiger partial charge in [-0.2, -0.15) is 4.80 Å². The Balaban J connectivity index is 1.51. The van der Waals surface area contributed by atoms with Crippen LogP contribution in [0.4, 0.5) is 5.69 Å². The maximum Gasteiger partial charge on any atom is 0.257 e. The Labute approximate surface area is 183 Å². The number of rotatable bonds is 3. The summed E-state index contributed by atoms with van der Waals surface area (Å²) in [5.74, 6) is -0.256. The molecule has 0 aliphatic carbocycles. The second-order valence-electron chi connectivity index (χ2n) is 6.85. The van der Waals surface area contributed by atoms with E-state index in [9.17, 15) is 4.79 Å². The molecule has 0 saturated carbocycles. The van der Waals surface area contributed by atoms with E-state index in [0.29, 0.717) is 21.8 Å². The number of hydrogen-bond donors (Lipinski definition) is 2. The van der Waals surface area contributed by atoms with Crippen molar-refractivity contribution in [1.82, 2.24) is 20.3 Å². The monoisotopic (exact) mass is 435 g/mol. The van der Waals surface area contributed by atoms with Gasteiger partial charge in [0.15, 0.2) is 5.11 Å². The minimum atomic E-state index is -0.256. The van der Waals surface area contributed by atoms with Crippen molar-refractivity contribution in [2.45, 2.75) is 13.8 Å². The van der Waals surface area contributed by atoms with Crippen LogP contribution in [0.1, 0.15) is 21.5 Å². The number of thiocarbonyl (C=S) groups is 1. The summed E-state index contributed by atoms with van der Waals surface area (Å²) < 4.78 is 0. The first-order chi connectivity index (χ1) is 14.4. The first-order valence-electron chi connectivity index (χ1n) is 9.22. The highest BCUT2D eigenvalue weighted by Crippen LogP contribution is 2.21. The number of nitrogens with zero attached hydrogens (tertiary/aromatic N) is 3. The van der Waals surface area contributed by atoms with Crippen LogP contribution in [0.25, 0.3) is 16.7 Å². The van der Waals surface area contributed by atoms with Crippen molar-refractivity contribution in [1.29, 1.82) is 0 Å². The summed E-state index contributed by atoms with van der Waals surface area (Å²) in [7, 11) is 0. The van der Waals surface area contributed by atoms with E-state index >= 15 is 0 Å². The van der Waals surface area contributed by atoms with Gasteiger partial charge in [-0.05, 0) is 73.6 Å². The fourth-order valence-electron chi connectivity index (χ4n) is 2.97. The van der Waals surface area contributed by atoms with Crippen LogP contribution in [0, 0.1) is 13.8 Å². The Kier molecular flexibility index (Phi) is 5.48. The number of hydrogen-bond acceptors (Lipinski definition) is 4. The third-order valence-electron chi connectivity index (χ3n) is 4.64. The Bertz CT molecular complexity index is 1280. The number of amides is 1. The van der Waals surface area contributed by atoms with E-state index < -0.39 is 0 Å². The average Bonchev–Trinajstić information content (AvgIpc) is 3.13. The molecule has 6 nitrogen and oxygen atoms in total. The van der Waals surface area contributed by atoms with Gasteiger partial charge in [-0.3, -0.25) is 10.1 Å². The molecule has 0 atom stereocenters. The Morgan fingerprint density at radius 3 is 2.50 bits per heavy atom. The van der Waals surface area contributed by atoms with Crippen LogP contribution in [-0.2, 0) is 0 Å². The second kappa shape index (κ2) is 8.22. The SMILES string of the molecule is Cc1ccc(-n2nc3ccc(NC(=S)NC(=O)c4ccccc4C)cc3n2)cc1Cl. The molecule has 8 heteroatoms. The lowest BCUT2D eigenvalue weighted by Crippen LogP contribution is -2.34. The van der Waals surface area contributed by atoms with E-state index in [2.05, 4.69) is 20.8 Å². The number of halogens is 1. The lowest BCUT2D eigenvalue weighted by molar-refractivity contribution is 0.0977. The van der Waals surface area contributed by atoms with Crippen LogP contribution in [0.3, 0.4) is 0 Å². The number of anilines is 1. The summed E-state index contributed by atoms with van der Waals surface area (Å²) in [5.41, 5.74) is 5.34. The van der Waals surface area contributed by atoms with E-state index in [1.54, 1.807) is 6.07 Å². The normalized spacial score (nSPS) is 10.8. The zero-order valence-electron chi connectivity index (χ0n) is 16.3. The van der Waals surface area contributed by atoms with E-state index in [4.69, 9.17) is 23.8 Å². The number of carbonyl (C=O) groups excluding carboxylic acids is 1. The van der Waals surface area contributed by atoms with Gasteiger partial charge in [0.05, 0.1) is 5.69 Å². The molecule has 3 aromatic carbocycles. The summed E-state index contributed by atoms with van der Waals surface area (Å²) >= 11 is 11.5. The van der Waals surface area contributed by atoms with Gasteiger partial charge in [0.1, 0.15) is 11.0 Å². The average molecular weight is 436 g/mol. The van der Waals surface area contributed by atoms with E-state index in [0.717, 1.165) is 22.3 Å². The summed E-state index contributed by atoms with van der Waals surface area (Å²) in [6.07, 6.45) is 0. The first-order valence-corrected chi connectivity index (χ1v) is 10.0. The molecule has 0 radical (unpaired) electrons. The van der Waals surface area contributed by atoms with Crippen LogP contribution in [0.5, 0.6) is 0 Å². The van der Waals surface area contributed by atoms with Gasteiger partial charge in [-0.15, -0.1) is 10.2 Å². The number of carbonyl (C=O) groups is 1. The smallest absolute Gasteiger partial charge is 0.257 e. The maximum atomic E-state index is 12.4. The van der Waals surface area contributed by atoms with Crippen molar-refractivity contribution >= 4 is 51.6 Å². The summed E-state index contributed by atoms with van der Waals surface area (Å²) in [4.78, 5) is 14.0. The molecule has 30 heavy (non-hydrogen) atoms. The zero-order valence-corrected chi connectivity index (χ0v) is 17.9. The molecule has 4 aromatic rings. The molecule has 0 bridgehead atoms. The minimum Gasteiger partial charge on any atom is -0.332 e. The lowest BCUT2D eigenvalue weighted by atomic mass is 10.1. The topological polar surface area (TPSA) is 71.8 Å². The van der Waals surface area contributed by atoms with Crippen molar-refractivity contribution in [3.63, 3.8) is 0 Å². The van der Waals surface area contributed by atoms with Gasteiger partial charge in [0.2, 0.25) is 0 Å². The molecule has 2 N–H and O–H groups in total. The van der Waals surface area contributed by atoms with Crippen LogP contribution >= 0.6 is 23.8 Å². The van der Waals surface area contributed by atoms with Crippen LogP contribution in [-0.4, -0.2) is 26.0 Å². The molecular formula is C22H18ClN5OS. The predicted molar refractivity (Wildman–Crippen MR) is 123 cm³/mol. The quantitative estimate of drug-likeness (QED) is 0.451. The highest BCUT2D eigenvalue weighted by atomic mass is 35.5. The van der Waals surface area contributed by atoms with Gasteiger partial charge in [-0.1, -0.05) is 35.9 Å². The molecule has 0 fully saturated rings. The fraction of sp³-hybridized carbons (Fsp3) is 0.0909. The molecule has 0 aliphatic rings. The van der Waals surface area contributed by atoms with Crippen LogP contribution < -0.4 is 10.6 Å². The molecule has 150 valence electrons. The van der Waals surface area contributed by atoms with Gasteiger partial charge in [-0.25, -0.2) is 0 Å². The molecule has 1 amide bonds. The largest absolute Gasteiger partial charge is 0.332 e. The minimum absolute atomic E-state index is 0.209. The van der Waals surface area contributed by atoms with Gasteiger partial charge in [0, 0.05) is 16.3 Å². The van der Waals surface area contributed by atoms with Crippen molar-refractivity contribution in [2.24, 2.45) is 0 Å². The summed E-state index contributed by atoms with van der Waals surface area (Å²) in [6, 6.07) is 18.5. The molecule has 4 rings (SSSR count). The van der Waals surface area contributed by atoms with Crippen LogP contribution in [0.2, 0.25) is 5.02 Å². The molecule has 1 aromatic heterocycles. The van der Waals surface area contributed by atoms with Crippen molar-refractivity contribution < 1.29 is 4.79 Å². The Morgan fingerprint density at radius 2 is 1.73 bits per heavy atom. The first kappa shape index (κ1) is 20.0. The lowest BCUT2D eigenvalue weighted by Gasteiger charge is -2.10. The van der Waals surface area contributed by atoms with E-state index in [1.807, 2.05) is 68.4 Å².